The van der Waals surface area contributed by atoms with Crippen molar-refractivity contribution in [3.8, 4) is 11.1 Å². The molecule has 0 amide bonds. The van der Waals surface area contributed by atoms with E-state index in [2.05, 4.69) is 22.0 Å². The summed E-state index contributed by atoms with van der Waals surface area (Å²) in [5, 5.41) is 15.7. The summed E-state index contributed by atoms with van der Waals surface area (Å²) in [6.07, 6.45) is 10.4. The Morgan fingerprint density at radius 1 is 1.00 bits per heavy atom. The highest BCUT2D eigenvalue weighted by molar-refractivity contribution is 5.95. The van der Waals surface area contributed by atoms with Gasteiger partial charge in [0.05, 0.1) is 17.8 Å². The van der Waals surface area contributed by atoms with Crippen LogP contribution in [-0.2, 0) is 0 Å². The molecule has 0 radical (unpaired) electrons. The molecule has 4 nitrogen and oxygen atoms in total. The molecule has 1 aliphatic carbocycles. The highest BCUT2D eigenvalue weighted by Crippen LogP contribution is 2.30. The lowest BCUT2D eigenvalue weighted by molar-refractivity contribution is 0.0697. The van der Waals surface area contributed by atoms with Crippen molar-refractivity contribution >= 4 is 16.7 Å². The van der Waals surface area contributed by atoms with Crippen molar-refractivity contribution in [2.24, 2.45) is 0 Å². The van der Waals surface area contributed by atoms with Crippen LogP contribution in [0.25, 0.3) is 21.9 Å². The van der Waals surface area contributed by atoms with Crippen LogP contribution in [0.2, 0.25) is 0 Å². The first-order chi connectivity index (χ1) is 11.7. The summed E-state index contributed by atoms with van der Waals surface area (Å²) in [5.74, 6) is -0.894. The molecule has 1 heterocycles. The molecule has 1 fully saturated rings. The van der Waals surface area contributed by atoms with Gasteiger partial charge in [0.2, 0.25) is 0 Å². The molecule has 24 heavy (non-hydrogen) atoms. The summed E-state index contributed by atoms with van der Waals surface area (Å²) in [6, 6.07) is 11.9. The second-order valence-electron chi connectivity index (χ2n) is 6.58. The molecule has 0 unspecified atom stereocenters. The summed E-state index contributed by atoms with van der Waals surface area (Å²) in [4.78, 5) is 11.1. The Kier molecular flexibility index (Phi) is 3.81. The first kappa shape index (κ1) is 14.9. The molecule has 1 aliphatic rings. The molecule has 4 heteroatoms. The minimum atomic E-state index is -0.894. The minimum absolute atomic E-state index is 0.320. The highest BCUT2D eigenvalue weighted by atomic mass is 16.4. The van der Waals surface area contributed by atoms with Gasteiger partial charge >= 0.3 is 5.97 Å². The Bertz CT molecular complexity index is 892. The number of carboxylic acids is 1. The van der Waals surface area contributed by atoms with Gasteiger partial charge in [-0.25, -0.2) is 4.79 Å². The molecule has 3 aromatic rings. The molecule has 0 atom stereocenters. The quantitative estimate of drug-likeness (QED) is 0.746. The molecule has 122 valence electrons. The predicted octanol–water partition coefficient (Wildman–Crippen LogP) is 4.91. The van der Waals surface area contributed by atoms with Gasteiger partial charge in [0, 0.05) is 11.8 Å². The van der Waals surface area contributed by atoms with E-state index in [0.717, 1.165) is 21.9 Å². The Morgan fingerprint density at radius 3 is 2.54 bits per heavy atom. The van der Waals surface area contributed by atoms with Crippen LogP contribution in [-0.4, -0.2) is 20.9 Å². The molecular weight excluding hydrogens is 300 g/mol. The summed E-state index contributed by atoms with van der Waals surface area (Å²) in [7, 11) is 0. The summed E-state index contributed by atoms with van der Waals surface area (Å²) >= 11 is 0. The fourth-order valence-electron chi connectivity index (χ4n) is 3.59. The van der Waals surface area contributed by atoms with Gasteiger partial charge in [-0.15, -0.1) is 0 Å². The van der Waals surface area contributed by atoms with Gasteiger partial charge in [0.1, 0.15) is 0 Å². The predicted molar refractivity (Wildman–Crippen MR) is 94.3 cm³/mol. The SMILES string of the molecule is O=C(O)c1ccc2cc(-c3cnn(C4CCCCC4)c3)ccc2c1. The number of aromatic carboxylic acids is 1. The van der Waals surface area contributed by atoms with E-state index in [4.69, 9.17) is 5.11 Å². The van der Waals surface area contributed by atoms with Gasteiger partial charge in [-0.3, -0.25) is 4.68 Å². The van der Waals surface area contributed by atoms with Crippen molar-refractivity contribution in [2.75, 3.05) is 0 Å². The van der Waals surface area contributed by atoms with Crippen LogP contribution in [0, 0.1) is 0 Å². The number of carboxylic acid groups (broad SMARTS) is 1. The van der Waals surface area contributed by atoms with Gasteiger partial charge < -0.3 is 5.11 Å². The van der Waals surface area contributed by atoms with E-state index in [1.807, 2.05) is 24.4 Å². The molecule has 0 spiro atoms. The topological polar surface area (TPSA) is 55.1 Å². The first-order valence-corrected chi connectivity index (χ1v) is 8.52. The Morgan fingerprint density at radius 2 is 1.75 bits per heavy atom. The maximum absolute atomic E-state index is 11.1. The molecule has 1 saturated carbocycles. The number of rotatable bonds is 3. The highest BCUT2D eigenvalue weighted by Gasteiger charge is 2.16. The van der Waals surface area contributed by atoms with Crippen molar-refractivity contribution in [2.45, 2.75) is 38.1 Å². The minimum Gasteiger partial charge on any atom is -0.478 e. The van der Waals surface area contributed by atoms with Crippen LogP contribution in [0.4, 0.5) is 0 Å². The number of benzene rings is 2. The van der Waals surface area contributed by atoms with Crippen molar-refractivity contribution in [3.05, 3.63) is 54.4 Å². The molecule has 1 aromatic heterocycles. The van der Waals surface area contributed by atoms with E-state index in [1.54, 1.807) is 12.1 Å². The van der Waals surface area contributed by atoms with Crippen LogP contribution < -0.4 is 0 Å². The number of hydrogen-bond donors (Lipinski definition) is 1. The van der Waals surface area contributed by atoms with E-state index in [9.17, 15) is 4.79 Å². The Balaban J connectivity index is 1.65. The lowest BCUT2D eigenvalue weighted by atomic mass is 9.96. The molecule has 0 saturated heterocycles. The second kappa shape index (κ2) is 6.11. The van der Waals surface area contributed by atoms with Crippen LogP contribution in [0.3, 0.4) is 0 Å². The molecular formula is C20H20N2O2. The molecule has 1 N–H and O–H groups in total. The summed E-state index contributed by atoms with van der Waals surface area (Å²) in [6.45, 7) is 0. The fourth-order valence-corrected chi connectivity index (χ4v) is 3.59. The Labute approximate surface area is 140 Å². The van der Waals surface area contributed by atoms with Crippen molar-refractivity contribution in [1.82, 2.24) is 9.78 Å². The van der Waals surface area contributed by atoms with E-state index < -0.39 is 5.97 Å². The smallest absolute Gasteiger partial charge is 0.335 e. The van der Waals surface area contributed by atoms with E-state index in [-0.39, 0.29) is 0 Å². The van der Waals surface area contributed by atoms with E-state index in [1.165, 1.54) is 32.1 Å². The third-order valence-corrected chi connectivity index (χ3v) is 4.97. The summed E-state index contributed by atoms with van der Waals surface area (Å²) < 4.78 is 2.12. The summed E-state index contributed by atoms with van der Waals surface area (Å²) in [5.41, 5.74) is 2.55. The average molecular weight is 320 g/mol. The zero-order valence-electron chi connectivity index (χ0n) is 13.5. The second-order valence-corrected chi connectivity index (χ2v) is 6.58. The van der Waals surface area contributed by atoms with Crippen LogP contribution in [0.1, 0.15) is 48.5 Å². The lowest BCUT2D eigenvalue weighted by Crippen LogP contribution is -2.12. The molecule has 0 bridgehead atoms. The number of aromatic nitrogens is 2. The van der Waals surface area contributed by atoms with E-state index in [0.29, 0.717) is 11.6 Å². The standard InChI is InChI=1S/C20H20N2O2/c23-20(24)17-9-8-14-10-16(7-6-15(14)11-17)18-12-21-22(13-18)19-4-2-1-3-5-19/h6-13,19H,1-5H2,(H,23,24). The number of hydrogen-bond acceptors (Lipinski definition) is 2. The third kappa shape index (κ3) is 2.80. The van der Waals surface area contributed by atoms with Gasteiger partial charge in [-0.1, -0.05) is 37.5 Å². The average Bonchev–Trinajstić information content (AvgIpc) is 3.11. The van der Waals surface area contributed by atoms with Gasteiger partial charge in [0.25, 0.3) is 0 Å². The zero-order valence-corrected chi connectivity index (χ0v) is 13.5. The fraction of sp³-hybridized carbons (Fsp3) is 0.300. The molecule has 2 aromatic carbocycles. The number of fused-ring (bicyclic) bond motifs is 1. The zero-order chi connectivity index (χ0) is 16.5. The van der Waals surface area contributed by atoms with Crippen LogP contribution in [0.5, 0.6) is 0 Å². The van der Waals surface area contributed by atoms with E-state index >= 15 is 0 Å². The van der Waals surface area contributed by atoms with Crippen molar-refractivity contribution < 1.29 is 9.90 Å². The third-order valence-electron chi connectivity index (χ3n) is 4.97. The maximum Gasteiger partial charge on any atom is 0.335 e. The van der Waals surface area contributed by atoms with Crippen LogP contribution in [0.15, 0.2) is 48.8 Å². The van der Waals surface area contributed by atoms with Crippen molar-refractivity contribution in [1.29, 1.82) is 0 Å². The largest absolute Gasteiger partial charge is 0.478 e. The monoisotopic (exact) mass is 320 g/mol. The van der Waals surface area contributed by atoms with Crippen molar-refractivity contribution in [3.63, 3.8) is 0 Å². The van der Waals surface area contributed by atoms with Gasteiger partial charge in [-0.2, -0.15) is 5.10 Å². The first-order valence-electron chi connectivity index (χ1n) is 8.52. The lowest BCUT2D eigenvalue weighted by Gasteiger charge is -2.21. The molecule has 0 aliphatic heterocycles. The maximum atomic E-state index is 11.1. The normalized spacial score (nSPS) is 15.7. The van der Waals surface area contributed by atoms with Gasteiger partial charge in [0.15, 0.2) is 0 Å². The Hall–Kier alpha value is -2.62. The number of carbonyl (C=O) groups is 1. The van der Waals surface area contributed by atoms with Crippen LogP contribution >= 0.6 is 0 Å². The molecule has 4 rings (SSSR count). The number of nitrogens with zero attached hydrogens (tertiary/aromatic N) is 2. The van der Waals surface area contributed by atoms with Gasteiger partial charge in [-0.05, 0) is 47.4 Å².